The summed E-state index contributed by atoms with van der Waals surface area (Å²) in [5, 5.41) is 0. The van der Waals surface area contributed by atoms with Crippen LogP contribution in [0.5, 0.6) is 11.5 Å². The number of amides is 1. The van der Waals surface area contributed by atoms with Gasteiger partial charge in [-0.25, -0.2) is 9.59 Å². The fourth-order valence-electron chi connectivity index (χ4n) is 4.58. The molecule has 1 saturated heterocycles. The molecule has 0 N–H and O–H groups in total. The molecular formula is C29H47NO8. The lowest BCUT2D eigenvalue weighted by Crippen LogP contribution is -2.44. The van der Waals surface area contributed by atoms with Crippen LogP contribution in [0.3, 0.4) is 0 Å². The van der Waals surface area contributed by atoms with Crippen LogP contribution in [0.1, 0.15) is 79.8 Å². The first kappa shape index (κ1) is 31.5. The molecule has 1 fully saturated rings. The van der Waals surface area contributed by atoms with Gasteiger partial charge >= 0.3 is 12.2 Å². The van der Waals surface area contributed by atoms with Crippen LogP contribution in [0.2, 0.25) is 0 Å². The quantitative estimate of drug-likeness (QED) is 0.251. The minimum atomic E-state index is -0.762. The highest BCUT2D eigenvalue weighted by molar-refractivity contribution is 5.70. The van der Waals surface area contributed by atoms with Gasteiger partial charge in [-0.2, -0.15) is 0 Å². The zero-order chi connectivity index (χ0) is 28.7. The van der Waals surface area contributed by atoms with Gasteiger partial charge in [0.25, 0.3) is 0 Å². The second-order valence-electron chi connectivity index (χ2n) is 12.0. The number of methoxy groups -OCH3 is 2. The predicted molar refractivity (Wildman–Crippen MR) is 145 cm³/mol. The Morgan fingerprint density at radius 1 is 0.974 bits per heavy atom. The maximum Gasteiger partial charge on any atom is 0.508 e. The summed E-state index contributed by atoms with van der Waals surface area (Å²) in [6.45, 7) is 16.2. The van der Waals surface area contributed by atoms with Crippen LogP contribution in [-0.2, 0) is 18.9 Å². The van der Waals surface area contributed by atoms with Gasteiger partial charge in [-0.1, -0.05) is 19.9 Å². The number of likely N-dealkylation sites (tertiary alicyclic amines) is 1. The van der Waals surface area contributed by atoms with Crippen LogP contribution < -0.4 is 9.47 Å². The molecule has 9 heteroatoms. The first-order valence-electron chi connectivity index (χ1n) is 13.3. The van der Waals surface area contributed by atoms with E-state index < -0.39 is 23.5 Å². The zero-order valence-corrected chi connectivity index (χ0v) is 24.8. The monoisotopic (exact) mass is 537 g/mol. The summed E-state index contributed by atoms with van der Waals surface area (Å²) in [5.41, 5.74) is -0.468. The highest BCUT2D eigenvalue weighted by atomic mass is 16.7. The van der Waals surface area contributed by atoms with Gasteiger partial charge in [0.1, 0.15) is 17.8 Å². The molecule has 1 aromatic rings. The Labute approximate surface area is 228 Å². The van der Waals surface area contributed by atoms with Gasteiger partial charge in [0.15, 0.2) is 11.5 Å². The van der Waals surface area contributed by atoms with E-state index >= 15 is 0 Å². The van der Waals surface area contributed by atoms with E-state index in [2.05, 4.69) is 13.8 Å². The summed E-state index contributed by atoms with van der Waals surface area (Å²) in [4.78, 5) is 27.7. The second kappa shape index (κ2) is 13.4. The van der Waals surface area contributed by atoms with Crippen molar-refractivity contribution in [3.05, 3.63) is 23.8 Å². The third-order valence-corrected chi connectivity index (χ3v) is 6.17. The molecule has 216 valence electrons. The molecule has 2 rings (SSSR count). The molecule has 1 aliphatic heterocycles. The van der Waals surface area contributed by atoms with Gasteiger partial charge in [0, 0.05) is 20.1 Å². The van der Waals surface area contributed by atoms with Gasteiger partial charge in [0.05, 0.1) is 25.8 Å². The molecule has 0 aliphatic carbocycles. The number of nitrogens with zero attached hydrogens (tertiary/aromatic N) is 1. The van der Waals surface area contributed by atoms with E-state index in [-0.39, 0.29) is 30.5 Å². The van der Waals surface area contributed by atoms with E-state index in [9.17, 15) is 9.59 Å². The molecule has 0 bridgehead atoms. The van der Waals surface area contributed by atoms with Crippen molar-refractivity contribution in [2.75, 3.05) is 34.0 Å². The van der Waals surface area contributed by atoms with Crippen molar-refractivity contribution < 1.29 is 38.0 Å². The number of benzene rings is 1. The average Bonchev–Trinajstić information content (AvgIpc) is 3.18. The standard InChI is InChI=1S/C29H47NO8/c1-19(2)22-17-21(18-36-27(32)38-29(6,7)8)30(26(31)37-28(3,4)5)25(22)20-12-13-23(34-10)24(16-20)35-15-11-14-33-9/h12-13,16,19,21-22,25H,11,14-15,17-18H2,1-10H3/t21-,22-,25?/m0/s1. The normalized spacial score (nSPS) is 19.9. The molecule has 1 unspecified atom stereocenters. The highest BCUT2D eigenvalue weighted by Crippen LogP contribution is 2.47. The van der Waals surface area contributed by atoms with E-state index in [1.165, 1.54) is 0 Å². The van der Waals surface area contributed by atoms with Gasteiger partial charge < -0.3 is 28.4 Å². The van der Waals surface area contributed by atoms with E-state index in [0.717, 1.165) is 12.0 Å². The molecular weight excluding hydrogens is 490 g/mol. The third kappa shape index (κ3) is 9.26. The summed E-state index contributed by atoms with van der Waals surface area (Å²) in [6.07, 6.45) is 0.153. The van der Waals surface area contributed by atoms with Crippen molar-refractivity contribution in [1.82, 2.24) is 4.90 Å². The van der Waals surface area contributed by atoms with Gasteiger partial charge in [-0.3, -0.25) is 4.90 Å². The van der Waals surface area contributed by atoms with Crippen LogP contribution in [0.25, 0.3) is 0 Å². The molecule has 3 atom stereocenters. The minimum absolute atomic E-state index is 0.00437. The van der Waals surface area contributed by atoms with Crippen molar-refractivity contribution in [3.63, 3.8) is 0 Å². The van der Waals surface area contributed by atoms with E-state index in [0.29, 0.717) is 31.1 Å². The van der Waals surface area contributed by atoms with Gasteiger partial charge in [0.2, 0.25) is 0 Å². The topological polar surface area (TPSA) is 92.8 Å². The maximum atomic E-state index is 13.6. The molecule has 1 aromatic carbocycles. The zero-order valence-electron chi connectivity index (χ0n) is 24.8. The molecule has 38 heavy (non-hydrogen) atoms. The van der Waals surface area contributed by atoms with Crippen molar-refractivity contribution in [2.24, 2.45) is 11.8 Å². The Bertz CT molecular complexity index is 918. The van der Waals surface area contributed by atoms with Crippen LogP contribution in [0.4, 0.5) is 9.59 Å². The van der Waals surface area contributed by atoms with Crippen LogP contribution in [0, 0.1) is 11.8 Å². The highest BCUT2D eigenvalue weighted by Gasteiger charge is 2.48. The number of hydrogen-bond donors (Lipinski definition) is 0. The predicted octanol–water partition coefficient (Wildman–Crippen LogP) is 6.38. The first-order chi connectivity index (χ1) is 17.7. The Morgan fingerprint density at radius 3 is 2.18 bits per heavy atom. The average molecular weight is 538 g/mol. The molecule has 0 radical (unpaired) electrons. The molecule has 0 aromatic heterocycles. The molecule has 0 saturated carbocycles. The molecule has 1 heterocycles. The third-order valence-electron chi connectivity index (χ3n) is 6.17. The van der Waals surface area contributed by atoms with Gasteiger partial charge in [-0.15, -0.1) is 0 Å². The first-order valence-corrected chi connectivity index (χ1v) is 13.3. The van der Waals surface area contributed by atoms with E-state index in [1.54, 1.807) is 39.9 Å². The van der Waals surface area contributed by atoms with Crippen LogP contribution in [0.15, 0.2) is 18.2 Å². The lowest BCUT2D eigenvalue weighted by atomic mass is 9.84. The Kier molecular flexibility index (Phi) is 11.1. The largest absolute Gasteiger partial charge is 0.508 e. The Balaban J connectivity index is 2.44. The number of rotatable bonds is 10. The van der Waals surface area contributed by atoms with E-state index in [4.69, 9.17) is 28.4 Å². The molecule has 1 amide bonds. The number of ether oxygens (including phenoxy) is 6. The maximum absolute atomic E-state index is 13.6. The fraction of sp³-hybridized carbons (Fsp3) is 0.724. The van der Waals surface area contributed by atoms with Gasteiger partial charge in [-0.05, 0) is 77.5 Å². The number of hydrogen-bond acceptors (Lipinski definition) is 8. The summed E-state index contributed by atoms with van der Waals surface area (Å²) in [5.74, 6) is 1.54. The van der Waals surface area contributed by atoms with Crippen molar-refractivity contribution >= 4 is 12.2 Å². The van der Waals surface area contributed by atoms with Crippen molar-refractivity contribution in [2.45, 2.75) is 91.5 Å². The molecule has 1 aliphatic rings. The second-order valence-corrected chi connectivity index (χ2v) is 12.0. The lowest BCUT2D eigenvalue weighted by Gasteiger charge is -2.34. The summed E-state index contributed by atoms with van der Waals surface area (Å²) in [6, 6.07) is 5.04. The number of carbonyl (C=O) groups excluding carboxylic acids is 2. The number of carbonyl (C=O) groups is 2. The van der Waals surface area contributed by atoms with E-state index in [1.807, 2.05) is 39.0 Å². The Hall–Kier alpha value is -2.68. The minimum Gasteiger partial charge on any atom is -0.493 e. The van der Waals surface area contributed by atoms with Crippen molar-refractivity contribution in [1.29, 1.82) is 0 Å². The summed E-state index contributed by atoms with van der Waals surface area (Å²) < 4.78 is 33.3. The SMILES string of the molecule is COCCCOc1cc(C2[C@H](C(C)C)C[C@@H](COC(=O)OC(C)(C)C)N2C(=O)OC(C)(C)C)ccc1OC. The fourth-order valence-corrected chi connectivity index (χ4v) is 4.58. The lowest BCUT2D eigenvalue weighted by molar-refractivity contribution is -0.0239. The molecule has 9 nitrogen and oxygen atoms in total. The molecule has 0 spiro atoms. The summed E-state index contributed by atoms with van der Waals surface area (Å²) >= 11 is 0. The smallest absolute Gasteiger partial charge is 0.493 e. The summed E-state index contributed by atoms with van der Waals surface area (Å²) in [7, 11) is 3.25. The van der Waals surface area contributed by atoms with Crippen molar-refractivity contribution in [3.8, 4) is 11.5 Å². The van der Waals surface area contributed by atoms with Crippen LogP contribution in [-0.4, -0.2) is 68.4 Å². The Morgan fingerprint density at radius 2 is 1.63 bits per heavy atom. The van der Waals surface area contributed by atoms with Crippen LogP contribution >= 0.6 is 0 Å².